The number of alkyl halides is 1. The number of carbonyl (C=O) groups is 1. The fourth-order valence-corrected chi connectivity index (χ4v) is 3.46. The average Bonchev–Trinajstić information content (AvgIpc) is 3.03. The molecule has 0 aliphatic heterocycles. The van der Waals surface area contributed by atoms with Crippen LogP contribution in [0.4, 0.5) is 10.5 Å². The summed E-state index contributed by atoms with van der Waals surface area (Å²) in [5.74, 6) is 0.780. The fourth-order valence-electron chi connectivity index (χ4n) is 2.99. The molecule has 0 saturated carbocycles. The number of carboxylic acid groups (broad SMARTS) is 1. The number of rotatable bonds is 5. The monoisotopic (exact) mass is 404 g/mol. The number of hydrogen-bond donors (Lipinski definition) is 1. The van der Waals surface area contributed by atoms with E-state index in [0.29, 0.717) is 33.6 Å². The summed E-state index contributed by atoms with van der Waals surface area (Å²) in [6.07, 6.45) is -1.12. The van der Waals surface area contributed by atoms with Crippen LogP contribution in [-0.2, 0) is 5.88 Å². The molecule has 1 amide bonds. The number of nitrogens with zero attached hydrogens (tertiary/aromatic N) is 2. The number of benzene rings is 2. The number of amides is 1. The molecule has 0 spiro atoms. The lowest BCUT2D eigenvalue weighted by molar-refractivity contribution is 0.199. The largest absolute Gasteiger partial charge is 0.465 e. The molecule has 0 bridgehead atoms. The fraction of sp³-hybridized carbons (Fsp3) is 0.200. The number of aromatic nitrogens is 1. The smallest absolute Gasteiger partial charge is 0.412 e. The maximum atomic E-state index is 12.2. The Labute approximate surface area is 167 Å². The van der Waals surface area contributed by atoms with Gasteiger partial charge in [-0.15, -0.1) is 11.6 Å². The van der Waals surface area contributed by atoms with Crippen molar-refractivity contribution >= 4 is 35.0 Å². The van der Waals surface area contributed by atoms with Crippen LogP contribution >= 0.6 is 23.2 Å². The first-order chi connectivity index (χ1) is 12.9. The molecule has 5 nitrogen and oxygen atoms in total. The molecule has 1 atom stereocenters. The van der Waals surface area contributed by atoms with Gasteiger partial charge in [-0.25, -0.2) is 4.79 Å². The molecule has 2 aromatic carbocycles. The molecular weight excluding hydrogens is 387 g/mol. The summed E-state index contributed by atoms with van der Waals surface area (Å²) in [5, 5.41) is 14.4. The molecule has 1 unspecified atom stereocenters. The third-order valence-electron chi connectivity index (χ3n) is 4.39. The highest BCUT2D eigenvalue weighted by Crippen LogP contribution is 2.39. The van der Waals surface area contributed by atoms with E-state index in [0.717, 1.165) is 11.1 Å². The molecule has 0 saturated heterocycles. The highest BCUT2D eigenvalue weighted by molar-refractivity contribution is 6.31. The van der Waals surface area contributed by atoms with Crippen molar-refractivity contribution < 1.29 is 14.4 Å². The van der Waals surface area contributed by atoms with Gasteiger partial charge in [0, 0.05) is 16.5 Å². The average molecular weight is 405 g/mol. The number of halogens is 2. The second-order valence-electron chi connectivity index (χ2n) is 6.13. The Morgan fingerprint density at radius 3 is 2.48 bits per heavy atom. The van der Waals surface area contributed by atoms with Gasteiger partial charge in [-0.1, -0.05) is 59.2 Å². The molecule has 0 fully saturated rings. The summed E-state index contributed by atoms with van der Waals surface area (Å²) in [7, 11) is 0. The lowest BCUT2D eigenvalue weighted by atomic mass is 10.0. The SMILES string of the molecule is Cc1noc(-c2ccc(CCl)cc2)c1N(C(=O)O)C(C)c1ccccc1Cl. The Morgan fingerprint density at radius 2 is 1.89 bits per heavy atom. The predicted molar refractivity (Wildman–Crippen MR) is 107 cm³/mol. The van der Waals surface area contributed by atoms with Gasteiger partial charge in [-0.05, 0) is 31.0 Å². The molecule has 7 heteroatoms. The minimum Gasteiger partial charge on any atom is -0.465 e. The van der Waals surface area contributed by atoms with Gasteiger partial charge in [0.15, 0.2) is 5.76 Å². The van der Waals surface area contributed by atoms with Gasteiger partial charge < -0.3 is 9.63 Å². The second kappa shape index (κ2) is 8.03. The van der Waals surface area contributed by atoms with Gasteiger partial charge >= 0.3 is 6.09 Å². The Morgan fingerprint density at radius 1 is 1.22 bits per heavy atom. The second-order valence-corrected chi connectivity index (χ2v) is 6.80. The van der Waals surface area contributed by atoms with Crippen LogP contribution in [0.25, 0.3) is 11.3 Å². The third-order valence-corrected chi connectivity index (χ3v) is 5.04. The van der Waals surface area contributed by atoms with Gasteiger partial charge in [0.25, 0.3) is 0 Å². The van der Waals surface area contributed by atoms with Crippen LogP contribution in [0.2, 0.25) is 5.02 Å². The van der Waals surface area contributed by atoms with Crippen molar-refractivity contribution in [1.29, 1.82) is 0 Å². The van der Waals surface area contributed by atoms with Crippen molar-refractivity contribution in [2.24, 2.45) is 0 Å². The number of hydrogen-bond acceptors (Lipinski definition) is 3. The van der Waals surface area contributed by atoms with Gasteiger partial charge in [-0.3, -0.25) is 4.90 Å². The Balaban J connectivity index is 2.10. The van der Waals surface area contributed by atoms with Crippen molar-refractivity contribution in [3.05, 3.63) is 70.4 Å². The van der Waals surface area contributed by atoms with E-state index in [4.69, 9.17) is 27.7 Å². The van der Waals surface area contributed by atoms with E-state index in [1.165, 1.54) is 4.90 Å². The highest BCUT2D eigenvalue weighted by Gasteiger charge is 2.31. The molecule has 0 radical (unpaired) electrons. The van der Waals surface area contributed by atoms with E-state index in [1.54, 1.807) is 32.0 Å². The predicted octanol–water partition coefficient (Wildman–Crippen LogP) is 6.29. The van der Waals surface area contributed by atoms with Gasteiger partial charge in [0.1, 0.15) is 11.4 Å². The normalized spacial score (nSPS) is 12.0. The van der Waals surface area contributed by atoms with Crippen LogP contribution in [0, 0.1) is 6.92 Å². The Hall–Kier alpha value is -2.50. The van der Waals surface area contributed by atoms with E-state index in [1.807, 2.05) is 30.3 Å². The summed E-state index contributed by atoms with van der Waals surface area (Å²) < 4.78 is 5.48. The molecule has 0 aliphatic carbocycles. The van der Waals surface area contributed by atoms with Crippen molar-refractivity contribution in [3.63, 3.8) is 0 Å². The lowest BCUT2D eigenvalue weighted by Gasteiger charge is -2.27. The molecule has 3 rings (SSSR count). The summed E-state index contributed by atoms with van der Waals surface area (Å²) in [5.41, 5.74) is 3.25. The van der Waals surface area contributed by atoms with Crippen molar-refractivity contribution in [3.8, 4) is 11.3 Å². The van der Waals surface area contributed by atoms with E-state index >= 15 is 0 Å². The molecule has 27 heavy (non-hydrogen) atoms. The van der Waals surface area contributed by atoms with Crippen LogP contribution in [0.15, 0.2) is 53.1 Å². The van der Waals surface area contributed by atoms with Crippen LogP contribution in [0.3, 0.4) is 0 Å². The molecule has 1 heterocycles. The first kappa shape index (κ1) is 19.3. The highest BCUT2D eigenvalue weighted by atomic mass is 35.5. The maximum absolute atomic E-state index is 12.2. The topological polar surface area (TPSA) is 66.6 Å². The molecule has 1 aromatic heterocycles. The summed E-state index contributed by atoms with van der Waals surface area (Å²) >= 11 is 12.1. The quantitative estimate of drug-likeness (QED) is 0.507. The first-order valence-corrected chi connectivity index (χ1v) is 9.23. The molecule has 1 N–H and O–H groups in total. The van der Waals surface area contributed by atoms with Crippen LogP contribution < -0.4 is 4.90 Å². The van der Waals surface area contributed by atoms with Crippen LogP contribution in [0.5, 0.6) is 0 Å². The minimum absolute atomic E-state index is 0.384. The Kier molecular flexibility index (Phi) is 5.73. The third kappa shape index (κ3) is 3.80. The zero-order valence-corrected chi connectivity index (χ0v) is 16.3. The molecule has 3 aromatic rings. The molecular formula is C20H18Cl2N2O3. The maximum Gasteiger partial charge on any atom is 0.412 e. The van der Waals surface area contributed by atoms with Crippen molar-refractivity contribution in [1.82, 2.24) is 5.16 Å². The van der Waals surface area contributed by atoms with Crippen molar-refractivity contribution in [2.45, 2.75) is 25.8 Å². The molecule has 140 valence electrons. The van der Waals surface area contributed by atoms with Crippen molar-refractivity contribution in [2.75, 3.05) is 4.90 Å². The van der Waals surface area contributed by atoms with E-state index in [-0.39, 0.29) is 0 Å². The van der Waals surface area contributed by atoms with Gasteiger partial charge in [-0.2, -0.15) is 0 Å². The van der Waals surface area contributed by atoms with Crippen LogP contribution in [0.1, 0.15) is 29.8 Å². The van der Waals surface area contributed by atoms with Gasteiger partial charge in [0.2, 0.25) is 0 Å². The Bertz CT molecular complexity index is 954. The molecule has 0 aliphatic rings. The summed E-state index contributed by atoms with van der Waals surface area (Å²) in [6.45, 7) is 3.49. The number of anilines is 1. The number of aryl methyl sites for hydroxylation is 1. The standard InChI is InChI=1S/C20H18Cl2N2O3/c1-12-18(19(27-23-12)15-9-7-14(11-21)8-10-15)24(20(25)26)13(2)16-5-3-4-6-17(16)22/h3-10,13H,11H2,1-2H3,(H,25,26). The minimum atomic E-state index is -1.12. The summed E-state index contributed by atoms with van der Waals surface area (Å²) in [6, 6.07) is 14.0. The van der Waals surface area contributed by atoms with E-state index in [2.05, 4.69) is 5.16 Å². The lowest BCUT2D eigenvalue weighted by Crippen LogP contribution is -2.33. The van der Waals surface area contributed by atoms with Crippen LogP contribution in [-0.4, -0.2) is 16.4 Å². The first-order valence-electron chi connectivity index (χ1n) is 8.32. The van der Waals surface area contributed by atoms with Gasteiger partial charge in [0.05, 0.1) is 6.04 Å². The van der Waals surface area contributed by atoms with E-state index in [9.17, 15) is 9.90 Å². The zero-order valence-electron chi connectivity index (χ0n) is 14.8. The zero-order chi connectivity index (χ0) is 19.6. The van der Waals surface area contributed by atoms with E-state index < -0.39 is 12.1 Å². The summed E-state index contributed by atoms with van der Waals surface area (Å²) in [4.78, 5) is 13.4.